The van der Waals surface area contributed by atoms with Crippen LogP contribution in [0.4, 0.5) is 0 Å². The first kappa shape index (κ1) is 12.4. The molecule has 98 valence electrons. The number of piperidine rings is 1. The maximum atomic E-state index is 9.11. The summed E-state index contributed by atoms with van der Waals surface area (Å²) in [6.07, 6.45) is 9.27. The van der Waals surface area contributed by atoms with Crippen molar-refractivity contribution in [2.45, 2.75) is 38.6 Å². The van der Waals surface area contributed by atoms with Gasteiger partial charge in [0, 0.05) is 12.2 Å². The van der Waals surface area contributed by atoms with Crippen molar-refractivity contribution in [3.05, 3.63) is 35.2 Å². The summed E-state index contributed by atoms with van der Waals surface area (Å²) >= 11 is 0. The van der Waals surface area contributed by atoms with Gasteiger partial charge in [0.1, 0.15) is 6.07 Å². The first-order valence-electron chi connectivity index (χ1n) is 7.09. The van der Waals surface area contributed by atoms with Gasteiger partial charge in [0.2, 0.25) is 0 Å². The Morgan fingerprint density at radius 3 is 3.16 bits per heavy atom. The summed E-state index contributed by atoms with van der Waals surface area (Å²) in [4.78, 5) is 4.35. The molecule has 0 aromatic carbocycles. The minimum atomic E-state index is 0.518. The Bertz CT molecular complexity index is 554. The molecule has 1 aromatic rings. The second-order valence-corrected chi connectivity index (χ2v) is 5.58. The summed E-state index contributed by atoms with van der Waals surface area (Å²) in [6.45, 7) is 3.01. The number of aromatic nitrogens is 1. The van der Waals surface area contributed by atoms with Crippen LogP contribution in [0.15, 0.2) is 18.3 Å². The van der Waals surface area contributed by atoms with Crippen LogP contribution < -0.4 is 5.32 Å². The van der Waals surface area contributed by atoms with Gasteiger partial charge in [-0.05, 0) is 62.3 Å². The Morgan fingerprint density at radius 1 is 1.42 bits per heavy atom. The Morgan fingerprint density at radius 2 is 2.32 bits per heavy atom. The highest BCUT2D eigenvalue weighted by molar-refractivity contribution is 5.68. The second-order valence-electron chi connectivity index (χ2n) is 5.58. The lowest BCUT2D eigenvalue weighted by atomic mass is 9.79. The van der Waals surface area contributed by atoms with Crippen LogP contribution in [0.5, 0.6) is 0 Å². The highest BCUT2D eigenvalue weighted by Gasteiger charge is 2.27. The SMILES string of the molecule is Cc1ncc(C2=C[C@H]3NCCC[C@H]3CC2)cc1C#N. The summed E-state index contributed by atoms with van der Waals surface area (Å²) in [5.41, 5.74) is 3.97. The van der Waals surface area contributed by atoms with Crippen molar-refractivity contribution < 1.29 is 0 Å². The van der Waals surface area contributed by atoms with Crippen molar-refractivity contribution in [3.8, 4) is 6.07 Å². The topological polar surface area (TPSA) is 48.7 Å². The molecule has 3 nitrogen and oxygen atoms in total. The van der Waals surface area contributed by atoms with Crippen molar-refractivity contribution >= 4 is 5.57 Å². The maximum absolute atomic E-state index is 9.11. The molecule has 2 aliphatic rings. The number of rotatable bonds is 1. The fourth-order valence-electron chi connectivity index (χ4n) is 3.20. The molecule has 1 N–H and O–H groups in total. The van der Waals surface area contributed by atoms with Gasteiger partial charge < -0.3 is 5.32 Å². The molecule has 1 aliphatic heterocycles. The largest absolute Gasteiger partial charge is 0.310 e. The first-order valence-corrected chi connectivity index (χ1v) is 7.09. The van der Waals surface area contributed by atoms with Gasteiger partial charge in [-0.25, -0.2) is 0 Å². The van der Waals surface area contributed by atoms with Gasteiger partial charge in [0.25, 0.3) is 0 Å². The fraction of sp³-hybridized carbons (Fsp3) is 0.500. The molecule has 2 heterocycles. The Hall–Kier alpha value is -1.66. The molecule has 3 heteroatoms. The van der Waals surface area contributed by atoms with Crippen LogP contribution >= 0.6 is 0 Å². The Kier molecular flexibility index (Phi) is 3.35. The summed E-state index contributed by atoms with van der Waals surface area (Å²) in [5.74, 6) is 0.798. The molecule has 1 aromatic heterocycles. The normalized spacial score (nSPS) is 26.2. The summed E-state index contributed by atoms with van der Waals surface area (Å²) in [6, 6.07) is 4.73. The predicted molar refractivity (Wildman–Crippen MR) is 75.4 cm³/mol. The van der Waals surface area contributed by atoms with Crippen LogP contribution in [0.1, 0.15) is 42.5 Å². The van der Waals surface area contributed by atoms with Crippen LogP contribution in [-0.4, -0.2) is 17.6 Å². The first-order chi connectivity index (χ1) is 9.28. The van der Waals surface area contributed by atoms with Gasteiger partial charge in [-0.1, -0.05) is 6.08 Å². The van der Waals surface area contributed by atoms with E-state index < -0.39 is 0 Å². The Balaban J connectivity index is 1.90. The quantitative estimate of drug-likeness (QED) is 0.837. The zero-order valence-corrected chi connectivity index (χ0v) is 11.3. The number of nitrogens with zero attached hydrogens (tertiary/aromatic N) is 2. The molecule has 0 spiro atoms. The molecule has 0 bridgehead atoms. The van der Waals surface area contributed by atoms with Crippen molar-refractivity contribution in [1.29, 1.82) is 5.26 Å². The third-order valence-electron chi connectivity index (χ3n) is 4.38. The van der Waals surface area contributed by atoms with Crippen molar-refractivity contribution in [2.24, 2.45) is 5.92 Å². The fourth-order valence-corrected chi connectivity index (χ4v) is 3.20. The van der Waals surface area contributed by atoms with E-state index in [9.17, 15) is 0 Å². The number of hydrogen-bond acceptors (Lipinski definition) is 3. The molecule has 1 aliphatic carbocycles. The van der Waals surface area contributed by atoms with Crippen LogP contribution in [0.2, 0.25) is 0 Å². The van der Waals surface area contributed by atoms with Crippen LogP contribution in [-0.2, 0) is 0 Å². The number of fused-ring (bicyclic) bond motifs is 1. The van der Waals surface area contributed by atoms with E-state index in [1.165, 1.54) is 24.8 Å². The lowest BCUT2D eigenvalue weighted by Crippen LogP contribution is -2.41. The predicted octanol–water partition coefficient (Wildman–Crippen LogP) is 2.81. The summed E-state index contributed by atoms with van der Waals surface area (Å²) < 4.78 is 0. The van der Waals surface area contributed by atoms with Crippen molar-refractivity contribution in [1.82, 2.24) is 10.3 Å². The number of hydrogen-bond donors (Lipinski definition) is 1. The lowest BCUT2D eigenvalue weighted by molar-refractivity contribution is 0.298. The van der Waals surface area contributed by atoms with Crippen molar-refractivity contribution in [3.63, 3.8) is 0 Å². The lowest BCUT2D eigenvalue weighted by Gasteiger charge is -2.35. The minimum Gasteiger partial charge on any atom is -0.310 e. The molecule has 0 saturated carbocycles. The number of allylic oxidation sites excluding steroid dienone is 1. The zero-order valence-electron chi connectivity index (χ0n) is 11.3. The molecular formula is C16H19N3. The van der Waals surface area contributed by atoms with E-state index >= 15 is 0 Å². The van der Waals surface area contributed by atoms with E-state index in [0.29, 0.717) is 11.6 Å². The smallest absolute Gasteiger partial charge is 0.101 e. The number of nitriles is 1. The van der Waals surface area contributed by atoms with E-state index in [-0.39, 0.29) is 0 Å². The third-order valence-corrected chi connectivity index (χ3v) is 4.38. The number of nitrogens with one attached hydrogen (secondary N) is 1. The molecular weight excluding hydrogens is 234 g/mol. The molecule has 1 saturated heterocycles. The molecule has 19 heavy (non-hydrogen) atoms. The third kappa shape index (κ3) is 2.41. The average molecular weight is 253 g/mol. The molecule has 2 atom stereocenters. The van der Waals surface area contributed by atoms with Crippen molar-refractivity contribution in [2.75, 3.05) is 6.54 Å². The van der Waals surface area contributed by atoms with Gasteiger partial charge in [0.05, 0.1) is 11.3 Å². The highest BCUT2D eigenvalue weighted by Crippen LogP contribution is 2.34. The van der Waals surface area contributed by atoms with Gasteiger partial charge in [-0.15, -0.1) is 0 Å². The minimum absolute atomic E-state index is 0.518. The molecule has 1 fully saturated rings. The number of aryl methyl sites for hydroxylation is 1. The van der Waals surface area contributed by atoms with E-state index in [1.807, 2.05) is 19.2 Å². The summed E-state index contributed by atoms with van der Waals surface area (Å²) in [7, 11) is 0. The maximum Gasteiger partial charge on any atom is 0.101 e. The zero-order chi connectivity index (χ0) is 13.2. The standard InChI is InChI=1S/C16H19N3/c1-11-14(9-17)7-15(10-19-11)13-5-4-12-3-2-6-18-16(12)8-13/h7-8,10,12,16,18H,2-6H2,1H3/t12-,16+/m0/s1. The summed E-state index contributed by atoms with van der Waals surface area (Å²) in [5, 5.41) is 12.7. The highest BCUT2D eigenvalue weighted by atomic mass is 14.9. The van der Waals surface area contributed by atoms with Gasteiger partial charge in [-0.2, -0.15) is 5.26 Å². The van der Waals surface area contributed by atoms with E-state index in [1.54, 1.807) is 0 Å². The van der Waals surface area contributed by atoms with E-state index in [0.717, 1.165) is 30.1 Å². The average Bonchev–Trinajstić information content (AvgIpc) is 2.47. The second kappa shape index (κ2) is 5.14. The molecule has 3 rings (SSSR count). The van der Waals surface area contributed by atoms with Gasteiger partial charge >= 0.3 is 0 Å². The molecule has 0 amide bonds. The van der Waals surface area contributed by atoms with Gasteiger partial charge in [-0.3, -0.25) is 4.98 Å². The molecule has 0 unspecified atom stereocenters. The van der Waals surface area contributed by atoms with Crippen LogP contribution in [0.3, 0.4) is 0 Å². The van der Waals surface area contributed by atoms with Crippen LogP contribution in [0, 0.1) is 24.2 Å². The Labute approximate surface area is 114 Å². The molecule has 0 radical (unpaired) electrons. The monoisotopic (exact) mass is 253 g/mol. The van der Waals surface area contributed by atoms with E-state index in [4.69, 9.17) is 5.26 Å². The van der Waals surface area contributed by atoms with E-state index in [2.05, 4.69) is 22.4 Å². The van der Waals surface area contributed by atoms with Gasteiger partial charge in [0.15, 0.2) is 0 Å². The number of pyridine rings is 1. The van der Waals surface area contributed by atoms with Crippen LogP contribution in [0.25, 0.3) is 5.57 Å².